The molecule has 5 nitrogen and oxygen atoms in total. The summed E-state index contributed by atoms with van der Waals surface area (Å²) in [6, 6.07) is 20.8. The summed E-state index contributed by atoms with van der Waals surface area (Å²) < 4.78 is 11.0. The standard InChI is InChI=1S/C21H20N2O3/c1-25-17-9-11-18(12-10-17)26-15-13-16-6-2-3-7-19(16)21(23-24)20-8-4-5-14-22-20/h2-12,14,24H,13,15H2,1H3. The first kappa shape index (κ1) is 17.5. The van der Waals surface area contributed by atoms with Gasteiger partial charge >= 0.3 is 0 Å². The summed E-state index contributed by atoms with van der Waals surface area (Å²) in [5.41, 5.74) is 2.94. The molecule has 0 spiro atoms. The van der Waals surface area contributed by atoms with E-state index < -0.39 is 0 Å². The molecule has 0 unspecified atom stereocenters. The lowest BCUT2D eigenvalue weighted by Crippen LogP contribution is -2.11. The van der Waals surface area contributed by atoms with Crippen LogP contribution in [0.1, 0.15) is 16.8 Å². The largest absolute Gasteiger partial charge is 0.497 e. The molecule has 0 radical (unpaired) electrons. The molecule has 1 N–H and O–H groups in total. The zero-order valence-electron chi connectivity index (χ0n) is 14.5. The van der Waals surface area contributed by atoms with Crippen LogP contribution in [-0.2, 0) is 6.42 Å². The molecule has 1 heterocycles. The molecule has 0 saturated heterocycles. The third-order valence-electron chi connectivity index (χ3n) is 3.98. The number of oxime groups is 1. The second kappa shape index (κ2) is 8.67. The van der Waals surface area contributed by atoms with E-state index in [1.165, 1.54) is 0 Å². The van der Waals surface area contributed by atoms with E-state index in [1.807, 2.05) is 66.7 Å². The summed E-state index contributed by atoms with van der Waals surface area (Å²) in [5, 5.41) is 13.0. The molecule has 132 valence electrons. The lowest BCUT2D eigenvalue weighted by molar-refractivity contribution is 0.318. The quantitative estimate of drug-likeness (QED) is 0.399. The summed E-state index contributed by atoms with van der Waals surface area (Å²) in [7, 11) is 1.63. The van der Waals surface area contributed by atoms with Gasteiger partial charge in [0.25, 0.3) is 0 Å². The normalized spacial score (nSPS) is 11.2. The highest BCUT2D eigenvalue weighted by molar-refractivity contribution is 6.12. The molecule has 26 heavy (non-hydrogen) atoms. The zero-order valence-corrected chi connectivity index (χ0v) is 14.5. The van der Waals surface area contributed by atoms with E-state index in [-0.39, 0.29) is 0 Å². The van der Waals surface area contributed by atoms with Gasteiger partial charge in [-0.25, -0.2) is 0 Å². The molecule has 0 aliphatic carbocycles. The summed E-state index contributed by atoms with van der Waals surface area (Å²) in [6.45, 7) is 0.504. The summed E-state index contributed by atoms with van der Waals surface area (Å²) in [6.07, 6.45) is 2.35. The summed E-state index contributed by atoms with van der Waals surface area (Å²) in [5.74, 6) is 1.57. The highest BCUT2D eigenvalue weighted by Gasteiger charge is 2.13. The number of benzene rings is 2. The van der Waals surface area contributed by atoms with Crippen molar-refractivity contribution < 1.29 is 14.7 Å². The van der Waals surface area contributed by atoms with Crippen LogP contribution >= 0.6 is 0 Å². The first-order chi connectivity index (χ1) is 12.8. The Hall–Kier alpha value is -3.34. The van der Waals surface area contributed by atoms with E-state index in [9.17, 15) is 5.21 Å². The van der Waals surface area contributed by atoms with Crippen molar-refractivity contribution in [3.05, 3.63) is 89.7 Å². The Labute approximate surface area is 152 Å². The third kappa shape index (κ3) is 4.19. The number of aromatic nitrogens is 1. The number of methoxy groups -OCH3 is 1. The highest BCUT2D eigenvalue weighted by Crippen LogP contribution is 2.19. The van der Waals surface area contributed by atoms with Gasteiger partial charge in [0.2, 0.25) is 0 Å². The number of pyridine rings is 1. The van der Waals surface area contributed by atoms with Gasteiger partial charge in [-0.15, -0.1) is 0 Å². The van der Waals surface area contributed by atoms with Crippen LogP contribution in [0.5, 0.6) is 11.5 Å². The van der Waals surface area contributed by atoms with Crippen molar-refractivity contribution >= 4 is 5.71 Å². The van der Waals surface area contributed by atoms with Crippen LogP contribution in [0, 0.1) is 0 Å². The van der Waals surface area contributed by atoms with Crippen molar-refractivity contribution in [2.24, 2.45) is 5.16 Å². The number of hydrogen-bond acceptors (Lipinski definition) is 5. The molecule has 0 bridgehead atoms. The molecule has 0 atom stereocenters. The number of ether oxygens (including phenoxy) is 2. The molecule has 5 heteroatoms. The summed E-state index contributed by atoms with van der Waals surface area (Å²) in [4.78, 5) is 4.28. The van der Waals surface area contributed by atoms with Gasteiger partial charge in [0.1, 0.15) is 17.2 Å². The van der Waals surface area contributed by atoms with Crippen LogP contribution in [0.3, 0.4) is 0 Å². The van der Waals surface area contributed by atoms with Crippen molar-refractivity contribution in [2.45, 2.75) is 6.42 Å². The van der Waals surface area contributed by atoms with E-state index in [4.69, 9.17) is 9.47 Å². The van der Waals surface area contributed by atoms with Gasteiger partial charge in [-0.2, -0.15) is 0 Å². The van der Waals surface area contributed by atoms with Crippen molar-refractivity contribution in [1.29, 1.82) is 0 Å². The first-order valence-corrected chi connectivity index (χ1v) is 8.30. The first-order valence-electron chi connectivity index (χ1n) is 8.30. The molecule has 0 saturated carbocycles. The predicted octanol–water partition coefficient (Wildman–Crippen LogP) is 3.94. The van der Waals surface area contributed by atoms with Crippen LogP contribution in [0.2, 0.25) is 0 Å². The van der Waals surface area contributed by atoms with E-state index in [2.05, 4.69) is 10.1 Å². The van der Waals surface area contributed by atoms with Crippen LogP contribution in [-0.4, -0.2) is 29.6 Å². The van der Waals surface area contributed by atoms with E-state index >= 15 is 0 Å². The fraction of sp³-hybridized carbons (Fsp3) is 0.143. The maximum Gasteiger partial charge on any atom is 0.135 e. The molecular weight excluding hydrogens is 328 g/mol. The lowest BCUT2D eigenvalue weighted by Gasteiger charge is -2.12. The molecule has 2 aromatic carbocycles. The maximum atomic E-state index is 9.51. The SMILES string of the molecule is COc1ccc(OCCc2ccccc2C(=NO)c2ccccn2)cc1. The number of hydrogen-bond donors (Lipinski definition) is 1. The molecule has 0 amide bonds. The van der Waals surface area contributed by atoms with Crippen LogP contribution in [0.15, 0.2) is 78.1 Å². The van der Waals surface area contributed by atoms with Crippen molar-refractivity contribution in [2.75, 3.05) is 13.7 Å². The van der Waals surface area contributed by atoms with Gasteiger partial charge in [-0.05, 0) is 42.0 Å². The van der Waals surface area contributed by atoms with Crippen LogP contribution < -0.4 is 9.47 Å². The van der Waals surface area contributed by atoms with Crippen LogP contribution in [0.25, 0.3) is 0 Å². The van der Waals surface area contributed by atoms with Crippen molar-refractivity contribution in [3.8, 4) is 11.5 Å². The minimum atomic E-state index is 0.450. The predicted molar refractivity (Wildman–Crippen MR) is 100 cm³/mol. The summed E-state index contributed by atoms with van der Waals surface area (Å²) >= 11 is 0. The van der Waals surface area contributed by atoms with Gasteiger partial charge in [0, 0.05) is 18.2 Å². The Morgan fingerprint density at radius 3 is 2.38 bits per heavy atom. The number of rotatable bonds is 7. The molecule has 0 aliphatic rings. The Bertz CT molecular complexity index is 862. The van der Waals surface area contributed by atoms with E-state index in [0.717, 1.165) is 22.6 Å². The Morgan fingerprint density at radius 2 is 1.69 bits per heavy atom. The third-order valence-corrected chi connectivity index (χ3v) is 3.98. The molecule has 0 aliphatic heterocycles. The van der Waals surface area contributed by atoms with Gasteiger partial charge in [-0.3, -0.25) is 4.98 Å². The lowest BCUT2D eigenvalue weighted by atomic mass is 9.98. The zero-order chi connectivity index (χ0) is 18.2. The average molecular weight is 348 g/mol. The second-order valence-electron chi connectivity index (χ2n) is 5.59. The van der Waals surface area contributed by atoms with Crippen LogP contribution in [0.4, 0.5) is 0 Å². The molecule has 3 aromatic rings. The van der Waals surface area contributed by atoms with E-state index in [1.54, 1.807) is 13.3 Å². The monoisotopic (exact) mass is 348 g/mol. The highest BCUT2D eigenvalue weighted by atomic mass is 16.5. The molecule has 0 fully saturated rings. The minimum absolute atomic E-state index is 0.450. The second-order valence-corrected chi connectivity index (χ2v) is 5.59. The Kier molecular flexibility index (Phi) is 5.83. The topological polar surface area (TPSA) is 63.9 Å². The molecular formula is C21H20N2O3. The molecule has 3 rings (SSSR count). The number of nitrogens with zero attached hydrogens (tertiary/aromatic N) is 2. The molecule has 1 aromatic heterocycles. The van der Waals surface area contributed by atoms with Crippen molar-refractivity contribution in [3.63, 3.8) is 0 Å². The van der Waals surface area contributed by atoms with E-state index in [0.29, 0.717) is 24.4 Å². The fourth-order valence-electron chi connectivity index (χ4n) is 2.67. The van der Waals surface area contributed by atoms with Gasteiger partial charge in [0.05, 0.1) is 19.4 Å². The smallest absolute Gasteiger partial charge is 0.135 e. The Balaban J connectivity index is 1.72. The van der Waals surface area contributed by atoms with Crippen molar-refractivity contribution in [1.82, 2.24) is 4.98 Å². The Morgan fingerprint density at radius 1 is 0.962 bits per heavy atom. The minimum Gasteiger partial charge on any atom is -0.497 e. The fourth-order valence-corrected chi connectivity index (χ4v) is 2.67. The van der Waals surface area contributed by atoms with Gasteiger partial charge in [0.15, 0.2) is 0 Å². The average Bonchev–Trinajstić information content (AvgIpc) is 2.71. The van der Waals surface area contributed by atoms with Gasteiger partial charge in [-0.1, -0.05) is 35.5 Å². The van der Waals surface area contributed by atoms with Gasteiger partial charge < -0.3 is 14.7 Å². The maximum absolute atomic E-state index is 9.51.